The van der Waals surface area contributed by atoms with E-state index < -0.39 is 18.5 Å². The van der Waals surface area contributed by atoms with Crippen LogP contribution in [0.5, 0.6) is 0 Å². The van der Waals surface area contributed by atoms with E-state index in [4.69, 9.17) is 14.6 Å². The second-order valence-electron chi connectivity index (χ2n) is 2.71. The molecule has 3 atom stereocenters. The number of aliphatic hydroxyl groups is 2. The number of ether oxygens (including phenoxy) is 2. The van der Waals surface area contributed by atoms with E-state index in [-0.39, 0.29) is 6.61 Å². The first-order valence-electron chi connectivity index (χ1n) is 3.94. The average Bonchev–Trinajstić information content (AvgIpc) is 2.43. The Kier molecular flexibility index (Phi) is 3.68. The van der Waals surface area contributed by atoms with Crippen molar-refractivity contribution in [1.29, 1.82) is 0 Å². The molecule has 1 rings (SSSR count). The Labute approximate surface area is 71.4 Å². The van der Waals surface area contributed by atoms with Gasteiger partial charge in [-0.25, -0.2) is 0 Å². The topological polar surface area (TPSA) is 58.9 Å². The smallest absolute Gasteiger partial charge is 0.161 e. The number of aliphatic hydroxyl groups excluding tert-OH is 2. The molecule has 1 saturated heterocycles. The van der Waals surface area contributed by atoms with Crippen molar-refractivity contribution in [2.75, 3.05) is 13.2 Å². The van der Waals surface area contributed by atoms with E-state index in [1.807, 2.05) is 0 Å². The summed E-state index contributed by atoms with van der Waals surface area (Å²) in [5.41, 5.74) is 0. The summed E-state index contributed by atoms with van der Waals surface area (Å²) >= 11 is 0. The molecule has 0 saturated carbocycles. The average molecular weight is 174 g/mol. The summed E-state index contributed by atoms with van der Waals surface area (Å²) in [4.78, 5) is 0. The molecule has 1 fully saturated rings. The Bertz CT molecular complexity index is 148. The fraction of sp³-hybridized carbons (Fsp3) is 0.750. The van der Waals surface area contributed by atoms with E-state index >= 15 is 0 Å². The molecule has 4 heteroatoms. The molecule has 0 bridgehead atoms. The predicted octanol–water partition coefficient (Wildman–Crippen LogP) is -0.343. The normalized spacial score (nSPS) is 35.3. The predicted molar refractivity (Wildman–Crippen MR) is 42.5 cm³/mol. The SMILES string of the molecule is C=CCOC1C[C@@H](O)[C@H](CO)O1. The van der Waals surface area contributed by atoms with Crippen molar-refractivity contribution < 1.29 is 19.7 Å². The molecule has 0 aromatic heterocycles. The van der Waals surface area contributed by atoms with Gasteiger partial charge in [-0.3, -0.25) is 0 Å². The summed E-state index contributed by atoms with van der Waals surface area (Å²) in [7, 11) is 0. The molecule has 0 aliphatic carbocycles. The molecule has 70 valence electrons. The van der Waals surface area contributed by atoms with Crippen LogP contribution in [0.2, 0.25) is 0 Å². The fourth-order valence-corrected chi connectivity index (χ4v) is 1.14. The monoisotopic (exact) mass is 174 g/mol. The van der Waals surface area contributed by atoms with Crippen molar-refractivity contribution in [3.8, 4) is 0 Å². The fourth-order valence-electron chi connectivity index (χ4n) is 1.14. The largest absolute Gasteiger partial charge is 0.394 e. The van der Waals surface area contributed by atoms with E-state index in [1.165, 1.54) is 0 Å². The van der Waals surface area contributed by atoms with Crippen LogP contribution in [0.1, 0.15) is 6.42 Å². The molecule has 1 unspecified atom stereocenters. The van der Waals surface area contributed by atoms with E-state index in [2.05, 4.69) is 6.58 Å². The maximum absolute atomic E-state index is 9.27. The van der Waals surface area contributed by atoms with Gasteiger partial charge in [0, 0.05) is 6.42 Å². The zero-order valence-corrected chi connectivity index (χ0v) is 6.85. The first kappa shape index (κ1) is 9.67. The molecule has 0 aromatic carbocycles. The standard InChI is InChI=1S/C8H14O4/c1-2-3-11-8-4-6(10)7(5-9)12-8/h2,6-10H,1,3-5H2/t6-,7+,8?/m1/s1. The number of hydrogen-bond donors (Lipinski definition) is 2. The minimum absolute atomic E-state index is 0.172. The van der Waals surface area contributed by atoms with E-state index in [0.717, 1.165) is 0 Å². The van der Waals surface area contributed by atoms with Gasteiger partial charge in [0.2, 0.25) is 0 Å². The molecule has 0 spiro atoms. The lowest BCUT2D eigenvalue weighted by molar-refractivity contribution is -0.136. The summed E-state index contributed by atoms with van der Waals surface area (Å²) in [5, 5.41) is 18.0. The molecule has 1 aliphatic heterocycles. The maximum Gasteiger partial charge on any atom is 0.161 e. The Morgan fingerprint density at radius 3 is 2.92 bits per heavy atom. The van der Waals surface area contributed by atoms with Crippen molar-refractivity contribution >= 4 is 0 Å². The number of rotatable bonds is 4. The second-order valence-corrected chi connectivity index (χ2v) is 2.71. The van der Waals surface area contributed by atoms with Crippen LogP contribution in [-0.4, -0.2) is 41.9 Å². The third-order valence-corrected chi connectivity index (χ3v) is 1.77. The summed E-state index contributed by atoms with van der Waals surface area (Å²) in [5.74, 6) is 0. The van der Waals surface area contributed by atoms with Crippen molar-refractivity contribution in [1.82, 2.24) is 0 Å². The van der Waals surface area contributed by atoms with Gasteiger partial charge in [-0.05, 0) is 0 Å². The van der Waals surface area contributed by atoms with Crippen LogP contribution in [0.4, 0.5) is 0 Å². The van der Waals surface area contributed by atoms with Crippen molar-refractivity contribution in [3.63, 3.8) is 0 Å². The minimum Gasteiger partial charge on any atom is -0.394 e. The highest BCUT2D eigenvalue weighted by Gasteiger charge is 2.33. The molecule has 0 radical (unpaired) electrons. The molecule has 2 N–H and O–H groups in total. The summed E-state index contributed by atoms with van der Waals surface area (Å²) < 4.78 is 10.3. The van der Waals surface area contributed by atoms with Gasteiger partial charge in [-0.1, -0.05) is 6.08 Å². The van der Waals surface area contributed by atoms with Gasteiger partial charge >= 0.3 is 0 Å². The van der Waals surface area contributed by atoms with Gasteiger partial charge in [0.15, 0.2) is 6.29 Å². The van der Waals surface area contributed by atoms with Gasteiger partial charge in [-0.2, -0.15) is 0 Å². The molecule has 12 heavy (non-hydrogen) atoms. The van der Waals surface area contributed by atoms with Gasteiger partial charge < -0.3 is 19.7 Å². The van der Waals surface area contributed by atoms with Crippen LogP contribution in [0.3, 0.4) is 0 Å². The molecule has 1 heterocycles. The van der Waals surface area contributed by atoms with Crippen LogP contribution in [-0.2, 0) is 9.47 Å². The third-order valence-electron chi connectivity index (χ3n) is 1.77. The molecule has 0 amide bonds. The first-order chi connectivity index (χ1) is 5.77. The van der Waals surface area contributed by atoms with Crippen LogP contribution in [0.15, 0.2) is 12.7 Å². The van der Waals surface area contributed by atoms with E-state index in [0.29, 0.717) is 13.0 Å². The molecular formula is C8H14O4. The molecular weight excluding hydrogens is 160 g/mol. The van der Waals surface area contributed by atoms with Crippen LogP contribution in [0, 0.1) is 0 Å². The summed E-state index contributed by atoms with van der Waals surface area (Å²) in [6.45, 7) is 3.71. The summed E-state index contributed by atoms with van der Waals surface area (Å²) in [6.07, 6.45) is 0.501. The molecule has 0 aromatic rings. The highest BCUT2D eigenvalue weighted by Crippen LogP contribution is 2.20. The van der Waals surface area contributed by atoms with Gasteiger partial charge in [0.05, 0.1) is 19.3 Å². The third kappa shape index (κ3) is 2.28. The van der Waals surface area contributed by atoms with Crippen molar-refractivity contribution in [2.45, 2.75) is 24.9 Å². The highest BCUT2D eigenvalue weighted by atomic mass is 16.7. The van der Waals surface area contributed by atoms with Gasteiger partial charge in [0.1, 0.15) is 6.10 Å². The second kappa shape index (κ2) is 4.57. The van der Waals surface area contributed by atoms with Crippen molar-refractivity contribution in [2.24, 2.45) is 0 Å². The Morgan fingerprint density at radius 2 is 2.42 bits per heavy atom. The number of hydrogen-bond acceptors (Lipinski definition) is 4. The van der Waals surface area contributed by atoms with Gasteiger partial charge in [0.25, 0.3) is 0 Å². The minimum atomic E-state index is -0.621. The van der Waals surface area contributed by atoms with Gasteiger partial charge in [-0.15, -0.1) is 6.58 Å². The zero-order valence-electron chi connectivity index (χ0n) is 6.85. The first-order valence-corrected chi connectivity index (χ1v) is 3.94. The van der Waals surface area contributed by atoms with Crippen LogP contribution < -0.4 is 0 Å². The lowest BCUT2D eigenvalue weighted by Crippen LogP contribution is -2.24. The maximum atomic E-state index is 9.27. The van der Waals surface area contributed by atoms with E-state index in [9.17, 15) is 5.11 Å². The Morgan fingerprint density at radius 1 is 1.67 bits per heavy atom. The molecule has 4 nitrogen and oxygen atoms in total. The lowest BCUT2D eigenvalue weighted by Gasteiger charge is -2.11. The Balaban J connectivity index is 2.27. The van der Waals surface area contributed by atoms with Crippen LogP contribution >= 0.6 is 0 Å². The van der Waals surface area contributed by atoms with E-state index in [1.54, 1.807) is 6.08 Å². The zero-order chi connectivity index (χ0) is 8.97. The van der Waals surface area contributed by atoms with Crippen LogP contribution in [0.25, 0.3) is 0 Å². The molecule has 1 aliphatic rings. The summed E-state index contributed by atoms with van der Waals surface area (Å²) in [6, 6.07) is 0. The highest BCUT2D eigenvalue weighted by molar-refractivity contribution is 4.78. The quantitative estimate of drug-likeness (QED) is 0.572. The van der Waals surface area contributed by atoms with Crippen molar-refractivity contribution in [3.05, 3.63) is 12.7 Å². The lowest BCUT2D eigenvalue weighted by atomic mass is 10.2. The Hall–Kier alpha value is -0.420.